The fourth-order valence-electron chi connectivity index (χ4n) is 2.60. The van der Waals surface area contributed by atoms with E-state index < -0.39 is 10.0 Å². The summed E-state index contributed by atoms with van der Waals surface area (Å²) in [4.78, 5) is 13.8. The van der Waals surface area contributed by atoms with Gasteiger partial charge in [0.05, 0.1) is 18.3 Å². The number of nitrogens with zero attached hydrogens (tertiary/aromatic N) is 1. The number of carbonyl (C=O) groups is 1. The minimum Gasteiger partial charge on any atom is -0.472 e. The van der Waals surface area contributed by atoms with Gasteiger partial charge in [-0.25, -0.2) is 13.6 Å². The first-order valence-electron chi connectivity index (χ1n) is 6.64. The number of hydrogen-bond acceptors (Lipinski definition) is 4. The lowest BCUT2D eigenvalue weighted by atomic mass is 10.0. The highest BCUT2D eigenvalue weighted by Crippen LogP contribution is 2.24. The van der Waals surface area contributed by atoms with E-state index in [0.717, 1.165) is 5.56 Å². The summed E-state index contributed by atoms with van der Waals surface area (Å²) in [7, 11) is -3.49. The van der Waals surface area contributed by atoms with Crippen molar-refractivity contribution in [3.05, 3.63) is 24.2 Å². The minimum absolute atomic E-state index is 0.0509. The van der Waals surface area contributed by atoms with Crippen molar-refractivity contribution in [2.45, 2.75) is 19.8 Å². The Morgan fingerprint density at radius 1 is 1.50 bits per heavy atom. The predicted octanol–water partition coefficient (Wildman–Crippen LogP) is 0.595. The van der Waals surface area contributed by atoms with Crippen LogP contribution in [0.1, 0.15) is 18.9 Å². The fraction of sp³-hybridized carbons (Fsp3) is 0.615. The molecule has 0 saturated carbocycles. The molecule has 2 heterocycles. The van der Waals surface area contributed by atoms with Crippen molar-refractivity contribution in [3.63, 3.8) is 0 Å². The molecule has 2 N–H and O–H groups in total. The van der Waals surface area contributed by atoms with Crippen LogP contribution in [0.25, 0.3) is 0 Å². The van der Waals surface area contributed by atoms with E-state index in [1.54, 1.807) is 17.4 Å². The van der Waals surface area contributed by atoms with Gasteiger partial charge in [-0.15, -0.1) is 0 Å². The van der Waals surface area contributed by atoms with Gasteiger partial charge in [-0.3, -0.25) is 4.79 Å². The molecule has 6 nitrogen and oxygen atoms in total. The fourth-order valence-corrected chi connectivity index (χ4v) is 3.63. The number of likely N-dealkylation sites (tertiary alicyclic amines) is 1. The number of primary sulfonamides is 1. The van der Waals surface area contributed by atoms with Gasteiger partial charge in [-0.05, 0) is 29.9 Å². The molecule has 0 radical (unpaired) electrons. The minimum atomic E-state index is -3.49. The highest BCUT2D eigenvalue weighted by atomic mass is 32.2. The van der Waals surface area contributed by atoms with Gasteiger partial charge in [-0.2, -0.15) is 0 Å². The number of amides is 1. The van der Waals surface area contributed by atoms with Gasteiger partial charge in [-0.1, -0.05) is 6.92 Å². The molecule has 0 bridgehead atoms. The van der Waals surface area contributed by atoms with E-state index in [0.29, 0.717) is 25.9 Å². The Kier molecular flexibility index (Phi) is 4.49. The van der Waals surface area contributed by atoms with Crippen LogP contribution in [0.2, 0.25) is 0 Å². The standard InChI is InChI=1S/C13H20N2O4S/c1-10-6-15(7-12(10)9-20(14,17)18)13(16)3-2-11-4-5-19-8-11/h4-5,8,10,12H,2-3,6-7,9H2,1H3,(H2,14,17,18)/t10-,12+/m1/s1. The summed E-state index contributed by atoms with van der Waals surface area (Å²) in [5.41, 5.74) is 0.992. The highest BCUT2D eigenvalue weighted by Gasteiger charge is 2.34. The monoisotopic (exact) mass is 300 g/mol. The molecule has 1 aliphatic heterocycles. The summed E-state index contributed by atoms with van der Waals surface area (Å²) in [6.45, 7) is 3.03. The molecular weight excluding hydrogens is 280 g/mol. The van der Waals surface area contributed by atoms with E-state index in [1.165, 1.54) is 0 Å². The van der Waals surface area contributed by atoms with E-state index in [-0.39, 0.29) is 23.5 Å². The molecule has 20 heavy (non-hydrogen) atoms. The van der Waals surface area contributed by atoms with Gasteiger partial charge >= 0.3 is 0 Å². The van der Waals surface area contributed by atoms with Crippen LogP contribution < -0.4 is 5.14 Å². The van der Waals surface area contributed by atoms with Crippen molar-refractivity contribution in [3.8, 4) is 0 Å². The number of carbonyl (C=O) groups excluding carboxylic acids is 1. The van der Waals surface area contributed by atoms with Crippen molar-refractivity contribution in [1.29, 1.82) is 0 Å². The van der Waals surface area contributed by atoms with Crippen molar-refractivity contribution in [2.24, 2.45) is 17.0 Å². The molecular formula is C13H20N2O4S. The average molecular weight is 300 g/mol. The maximum absolute atomic E-state index is 12.1. The van der Waals surface area contributed by atoms with E-state index in [4.69, 9.17) is 9.56 Å². The van der Waals surface area contributed by atoms with Crippen LogP contribution in [0.15, 0.2) is 23.0 Å². The van der Waals surface area contributed by atoms with Gasteiger partial charge in [0.15, 0.2) is 0 Å². The van der Waals surface area contributed by atoms with Crippen LogP contribution >= 0.6 is 0 Å². The van der Waals surface area contributed by atoms with E-state index >= 15 is 0 Å². The van der Waals surface area contributed by atoms with Crippen molar-refractivity contribution < 1.29 is 17.6 Å². The van der Waals surface area contributed by atoms with Gasteiger partial charge in [0.1, 0.15) is 0 Å². The summed E-state index contributed by atoms with van der Waals surface area (Å²) in [5.74, 6) is 0.0868. The molecule has 7 heteroatoms. The van der Waals surface area contributed by atoms with Gasteiger partial charge in [0.2, 0.25) is 15.9 Å². The number of furan rings is 1. The smallest absolute Gasteiger partial charge is 0.222 e. The van der Waals surface area contributed by atoms with E-state index in [1.807, 2.05) is 13.0 Å². The quantitative estimate of drug-likeness (QED) is 0.861. The Labute approximate surface area is 119 Å². The third-order valence-electron chi connectivity index (χ3n) is 3.77. The van der Waals surface area contributed by atoms with Gasteiger partial charge < -0.3 is 9.32 Å². The number of nitrogens with two attached hydrogens (primary N) is 1. The van der Waals surface area contributed by atoms with Crippen molar-refractivity contribution in [2.75, 3.05) is 18.8 Å². The molecule has 1 saturated heterocycles. The number of sulfonamides is 1. The lowest BCUT2D eigenvalue weighted by Crippen LogP contribution is -2.31. The van der Waals surface area contributed by atoms with Crippen LogP contribution in [0, 0.1) is 11.8 Å². The molecule has 0 aromatic carbocycles. The van der Waals surface area contributed by atoms with Crippen LogP contribution in [-0.2, 0) is 21.2 Å². The number of hydrogen-bond donors (Lipinski definition) is 1. The Bertz CT molecular complexity index is 553. The van der Waals surface area contributed by atoms with Crippen LogP contribution in [0.5, 0.6) is 0 Å². The SMILES string of the molecule is C[C@@H]1CN(C(=O)CCc2ccoc2)C[C@H]1CS(N)(=O)=O. The third-order valence-corrected chi connectivity index (χ3v) is 4.67. The van der Waals surface area contributed by atoms with Gasteiger partial charge in [0, 0.05) is 19.5 Å². The topological polar surface area (TPSA) is 93.6 Å². The first-order valence-corrected chi connectivity index (χ1v) is 8.36. The summed E-state index contributed by atoms with van der Waals surface area (Å²) in [5, 5.41) is 5.08. The zero-order chi connectivity index (χ0) is 14.8. The molecule has 0 aliphatic carbocycles. The molecule has 2 rings (SSSR count). The first-order chi connectivity index (χ1) is 9.35. The number of rotatable bonds is 5. The second-order valence-electron chi connectivity index (χ2n) is 5.50. The molecule has 112 valence electrons. The molecule has 1 amide bonds. The van der Waals surface area contributed by atoms with Crippen molar-refractivity contribution in [1.82, 2.24) is 4.90 Å². The summed E-state index contributed by atoms with van der Waals surface area (Å²) in [6.07, 6.45) is 4.26. The van der Waals surface area contributed by atoms with Crippen LogP contribution in [0.4, 0.5) is 0 Å². The Hall–Kier alpha value is -1.34. The highest BCUT2D eigenvalue weighted by molar-refractivity contribution is 7.89. The zero-order valence-corrected chi connectivity index (χ0v) is 12.3. The maximum atomic E-state index is 12.1. The average Bonchev–Trinajstić information content (AvgIpc) is 2.95. The number of aryl methyl sites for hydroxylation is 1. The summed E-state index contributed by atoms with van der Waals surface area (Å²) in [6, 6.07) is 1.84. The molecule has 0 spiro atoms. The lowest BCUT2D eigenvalue weighted by Gasteiger charge is -2.16. The predicted molar refractivity (Wildman–Crippen MR) is 74.2 cm³/mol. The first kappa shape index (κ1) is 15.1. The van der Waals surface area contributed by atoms with Crippen LogP contribution in [0.3, 0.4) is 0 Å². The Balaban J connectivity index is 1.86. The molecule has 2 atom stereocenters. The Morgan fingerprint density at radius 3 is 2.85 bits per heavy atom. The van der Waals surface area contributed by atoms with Gasteiger partial charge in [0.25, 0.3) is 0 Å². The third kappa shape index (κ3) is 4.08. The summed E-state index contributed by atoms with van der Waals surface area (Å²) >= 11 is 0. The molecule has 0 unspecified atom stereocenters. The van der Waals surface area contributed by atoms with Crippen LogP contribution in [-0.4, -0.2) is 38.1 Å². The molecule has 1 aromatic heterocycles. The maximum Gasteiger partial charge on any atom is 0.222 e. The zero-order valence-electron chi connectivity index (χ0n) is 11.5. The second kappa shape index (κ2) is 5.97. The molecule has 1 aliphatic rings. The molecule has 1 aromatic rings. The molecule has 1 fully saturated rings. The Morgan fingerprint density at radius 2 is 2.25 bits per heavy atom. The summed E-state index contributed by atoms with van der Waals surface area (Å²) < 4.78 is 27.3. The normalized spacial score (nSPS) is 23.2. The van der Waals surface area contributed by atoms with E-state index in [9.17, 15) is 13.2 Å². The largest absolute Gasteiger partial charge is 0.472 e. The van der Waals surface area contributed by atoms with Crippen molar-refractivity contribution >= 4 is 15.9 Å². The lowest BCUT2D eigenvalue weighted by molar-refractivity contribution is -0.130. The van der Waals surface area contributed by atoms with E-state index in [2.05, 4.69) is 0 Å². The second-order valence-corrected chi connectivity index (χ2v) is 7.16.